The molecule has 2 aromatic carbocycles. The number of nitrogens with zero attached hydrogens (tertiary/aromatic N) is 3. The number of aryl methyl sites for hydroxylation is 1. The van der Waals surface area contributed by atoms with E-state index < -0.39 is 0 Å². The van der Waals surface area contributed by atoms with Crippen molar-refractivity contribution < 1.29 is 14.6 Å². The zero-order valence-electron chi connectivity index (χ0n) is 20.0. The van der Waals surface area contributed by atoms with Gasteiger partial charge >= 0.3 is 0 Å². The quantitative estimate of drug-likeness (QED) is 0.375. The van der Waals surface area contributed by atoms with Crippen LogP contribution in [0.4, 0.5) is 0 Å². The summed E-state index contributed by atoms with van der Waals surface area (Å²) in [5.74, 6) is 2.60. The number of benzene rings is 2. The highest BCUT2D eigenvalue weighted by atomic mass is 16.5. The number of hydrogen-bond donors (Lipinski definition) is 1. The number of hydrogen-bond acceptors (Lipinski definition) is 5. The van der Waals surface area contributed by atoms with Crippen LogP contribution in [0.2, 0.25) is 0 Å². The smallest absolute Gasteiger partial charge is 0.119 e. The predicted octanol–water partition coefficient (Wildman–Crippen LogP) is 4.63. The van der Waals surface area contributed by atoms with Gasteiger partial charge in [-0.1, -0.05) is 42.5 Å². The van der Waals surface area contributed by atoms with E-state index in [0.717, 1.165) is 64.2 Å². The molecular weight excluding hydrogens is 426 g/mol. The molecule has 0 spiro atoms. The lowest BCUT2D eigenvalue weighted by Crippen LogP contribution is -2.33. The van der Waals surface area contributed by atoms with E-state index in [4.69, 9.17) is 19.6 Å². The SMILES string of the molecule is OCCOc1cccc(CN2CCC(c3nccn3CCCCOCc3ccccc3)CC2)c1. The van der Waals surface area contributed by atoms with Gasteiger partial charge in [0.1, 0.15) is 18.2 Å². The van der Waals surface area contributed by atoms with E-state index in [9.17, 15) is 0 Å². The van der Waals surface area contributed by atoms with Crippen LogP contribution >= 0.6 is 0 Å². The Morgan fingerprint density at radius 1 is 0.941 bits per heavy atom. The molecule has 0 unspecified atom stereocenters. The van der Waals surface area contributed by atoms with E-state index in [-0.39, 0.29) is 6.61 Å². The van der Waals surface area contributed by atoms with Gasteiger partial charge in [0, 0.05) is 38.0 Å². The maximum atomic E-state index is 8.96. The van der Waals surface area contributed by atoms with Crippen LogP contribution in [-0.2, 0) is 24.4 Å². The Kier molecular flexibility index (Phi) is 9.55. The molecule has 182 valence electrons. The third-order valence-electron chi connectivity index (χ3n) is 6.41. The minimum Gasteiger partial charge on any atom is -0.491 e. The molecule has 0 bridgehead atoms. The molecule has 0 atom stereocenters. The molecule has 2 heterocycles. The van der Waals surface area contributed by atoms with Crippen molar-refractivity contribution in [3.63, 3.8) is 0 Å². The van der Waals surface area contributed by atoms with Gasteiger partial charge in [0.05, 0.1) is 13.2 Å². The van der Waals surface area contributed by atoms with Crippen molar-refractivity contribution >= 4 is 0 Å². The molecule has 6 nitrogen and oxygen atoms in total. The number of unbranched alkanes of at least 4 members (excludes halogenated alkanes) is 1. The maximum absolute atomic E-state index is 8.96. The van der Waals surface area contributed by atoms with Gasteiger partial charge < -0.3 is 19.1 Å². The molecule has 34 heavy (non-hydrogen) atoms. The zero-order valence-corrected chi connectivity index (χ0v) is 20.0. The van der Waals surface area contributed by atoms with Crippen LogP contribution < -0.4 is 4.74 Å². The molecule has 6 heteroatoms. The van der Waals surface area contributed by atoms with Gasteiger partial charge in [-0.05, 0) is 62.0 Å². The molecule has 1 aliphatic heterocycles. The van der Waals surface area contributed by atoms with Crippen LogP contribution in [0.25, 0.3) is 0 Å². The molecule has 4 rings (SSSR count). The lowest BCUT2D eigenvalue weighted by atomic mass is 9.95. The minimum absolute atomic E-state index is 0.0372. The number of rotatable bonds is 13. The van der Waals surface area contributed by atoms with Crippen molar-refractivity contribution in [3.05, 3.63) is 83.9 Å². The first kappa shape index (κ1) is 24.5. The summed E-state index contributed by atoms with van der Waals surface area (Å²) < 4.78 is 13.7. The summed E-state index contributed by atoms with van der Waals surface area (Å²) >= 11 is 0. The molecule has 3 aromatic rings. The summed E-state index contributed by atoms with van der Waals surface area (Å²) in [4.78, 5) is 7.23. The van der Waals surface area contributed by atoms with Crippen LogP contribution in [0.5, 0.6) is 5.75 Å². The molecule has 1 aliphatic rings. The zero-order chi connectivity index (χ0) is 23.4. The molecular formula is C28H37N3O3. The number of ether oxygens (including phenoxy) is 2. The normalized spacial score (nSPS) is 15.0. The highest BCUT2D eigenvalue weighted by molar-refractivity contribution is 5.28. The maximum Gasteiger partial charge on any atom is 0.119 e. The number of piperidine rings is 1. The lowest BCUT2D eigenvalue weighted by Gasteiger charge is -2.32. The van der Waals surface area contributed by atoms with Crippen molar-refractivity contribution in [3.8, 4) is 5.75 Å². The Balaban J connectivity index is 1.17. The fraction of sp³-hybridized carbons (Fsp3) is 0.464. The Morgan fingerprint density at radius 3 is 2.59 bits per heavy atom. The van der Waals surface area contributed by atoms with Gasteiger partial charge in [0.2, 0.25) is 0 Å². The monoisotopic (exact) mass is 463 g/mol. The molecule has 1 fully saturated rings. The van der Waals surface area contributed by atoms with Crippen LogP contribution in [0, 0.1) is 0 Å². The minimum atomic E-state index is 0.0372. The van der Waals surface area contributed by atoms with Gasteiger partial charge in [-0.2, -0.15) is 0 Å². The summed E-state index contributed by atoms with van der Waals surface area (Å²) in [5.41, 5.74) is 2.48. The van der Waals surface area contributed by atoms with Crippen molar-refractivity contribution in [2.45, 2.75) is 51.3 Å². The van der Waals surface area contributed by atoms with Crippen molar-refractivity contribution in [1.82, 2.24) is 14.5 Å². The van der Waals surface area contributed by atoms with Crippen LogP contribution in [0.15, 0.2) is 67.0 Å². The van der Waals surface area contributed by atoms with Gasteiger partial charge in [0.15, 0.2) is 0 Å². The van der Waals surface area contributed by atoms with Gasteiger partial charge in [-0.3, -0.25) is 4.90 Å². The molecule has 1 saturated heterocycles. The highest BCUT2D eigenvalue weighted by Gasteiger charge is 2.24. The summed E-state index contributed by atoms with van der Waals surface area (Å²) in [6.07, 6.45) is 8.52. The predicted molar refractivity (Wildman–Crippen MR) is 134 cm³/mol. The Bertz CT molecular complexity index is 968. The first-order valence-corrected chi connectivity index (χ1v) is 12.5. The summed E-state index contributed by atoms with van der Waals surface area (Å²) in [6, 6.07) is 18.5. The fourth-order valence-corrected chi connectivity index (χ4v) is 4.62. The molecule has 1 N–H and O–H groups in total. The fourth-order valence-electron chi connectivity index (χ4n) is 4.62. The van der Waals surface area contributed by atoms with Crippen LogP contribution in [0.1, 0.15) is 48.6 Å². The number of aromatic nitrogens is 2. The summed E-state index contributed by atoms with van der Waals surface area (Å²) in [6.45, 7) is 5.95. The second kappa shape index (κ2) is 13.3. The lowest BCUT2D eigenvalue weighted by molar-refractivity contribution is 0.116. The van der Waals surface area contributed by atoms with E-state index in [2.05, 4.69) is 52.1 Å². The van der Waals surface area contributed by atoms with Gasteiger partial charge in [-0.25, -0.2) is 4.98 Å². The van der Waals surface area contributed by atoms with Gasteiger partial charge in [0.25, 0.3) is 0 Å². The van der Waals surface area contributed by atoms with Gasteiger partial charge in [-0.15, -0.1) is 0 Å². The first-order chi connectivity index (χ1) is 16.8. The molecule has 1 aromatic heterocycles. The topological polar surface area (TPSA) is 59.8 Å². The van der Waals surface area contributed by atoms with Crippen molar-refractivity contribution in [2.24, 2.45) is 0 Å². The van der Waals surface area contributed by atoms with Crippen molar-refractivity contribution in [1.29, 1.82) is 0 Å². The summed E-state index contributed by atoms with van der Waals surface area (Å²) in [7, 11) is 0. The van der Waals surface area contributed by atoms with Crippen LogP contribution in [0.3, 0.4) is 0 Å². The molecule has 0 radical (unpaired) electrons. The van der Waals surface area contributed by atoms with E-state index in [1.165, 1.54) is 17.0 Å². The van der Waals surface area contributed by atoms with Crippen molar-refractivity contribution in [2.75, 3.05) is 32.9 Å². The van der Waals surface area contributed by atoms with E-state index >= 15 is 0 Å². The number of aliphatic hydroxyl groups is 1. The molecule has 0 amide bonds. The van der Waals surface area contributed by atoms with E-state index in [1.54, 1.807) is 0 Å². The third-order valence-corrected chi connectivity index (χ3v) is 6.41. The molecule has 0 saturated carbocycles. The highest BCUT2D eigenvalue weighted by Crippen LogP contribution is 2.28. The van der Waals surface area contributed by atoms with E-state index in [1.807, 2.05) is 24.4 Å². The second-order valence-corrected chi connectivity index (χ2v) is 8.99. The third kappa shape index (κ3) is 7.42. The number of imidazole rings is 1. The Hall–Kier alpha value is -2.67. The summed E-state index contributed by atoms with van der Waals surface area (Å²) in [5, 5.41) is 8.96. The Morgan fingerprint density at radius 2 is 1.76 bits per heavy atom. The van der Waals surface area contributed by atoms with E-state index in [0.29, 0.717) is 19.1 Å². The average molecular weight is 464 g/mol. The number of aliphatic hydroxyl groups excluding tert-OH is 1. The standard InChI is InChI=1S/C28H37N3O3/c32-18-20-34-27-10-6-9-25(21-27)22-30-15-11-26(12-16-30)28-29-13-17-31(28)14-4-5-19-33-23-24-7-2-1-3-8-24/h1-3,6-10,13,17,21,26,32H,4-5,11-12,14-16,18-20,22-23H2. The average Bonchev–Trinajstić information content (AvgIpc) is 3.35. The largest absolute Gasteiger partial charge is 0.491 e. The Labute approximate surface area is 203 Å². The van der Waals surface area contributed by atoms with Crippen LogP contribution in [-0.4, -0.2) is 52.5 Å². The second-order valence-electron chi connectivity index (χ2n) is 8.99. The number of likely N-dealkylation sites (tertiary alicyclic amines) is 1. The molecule has 0 aliphatic carbocycles. The first-order valence-electron chi connectivity index (χ1n) is 12.5.